The van der Waals surface area contributed by atoms with E-state index in [1.54, 1.807) is 35.9 Å². The Bertz CT molecular complexity index is 1150. The largest absolute Gasteiger partial charge is 0.378 e. The average molecular weight is 407 g/mol. The second-order valence-corrected chi connectivity index (χ2v) is 7.56. The number of benzene rings is 1. The number of hydrogen-bond acceptors (Lipinski definition) is 8. The van der Waals surface area contributed by atoms with Crippen molar-refractivity contribution in [2.24, 2.45) is 0 Å². The van der Waals surface area contributed by atoms with Gasteiger partial charge in [0.15, 0.2) is 16.6 Å². The van der Waals surface area contributed by atoms with Crippen LogP contribution in [0.3, 0.4) is 0 Å². The standard InChI is InChI=1S/C20H17N5O3S/c26-19(16-11-17(28-24-16)13-2-1-5-21-12-13)22-14-3-4-15-18(10-14)29-20(23-15)25-6-8-27-9-7-25/h1-5,10-12H,6-9H2,(H,22,26). The normalized spacial score (nSPS) is 14.3. The van der Waals surface area contributed by atoms with E-state index in [1.807, 2.05) is 24.3 Å². The zero-order valence-electron chi connectivity index (χ0n) is 15.4. The fourth-order valence-corrected chi connectivity index (χ4v) is 4.16. The van der Waals surface area contributed by atoms with Gasteiger partial charge < -0.3 is 19.5 Å². The molecule has 0 atom stereocenters. The van der Waals surface area contributed by atoms with E-state index in [2.05, 4.69) is 20.4 Å². The minimum absolute atomic E-state index is 0.210. The summed E-state index contributed by atoms with van der Waals surface area (Å²) in [5.41, 5.74) is 2.57. The number of amides is 1. The smallest absolute Gasteiger partial charge is 0.277 e. The van der Waals surface area contributed by atoms with Crippen molar-refractivity contribution in [2.75, 3.05) is 36.5 Å². The Labute approximate surface area is 170 Å². The monoisotopic (exact) mass is 407 g/mol. The molecule has 0 aliphatic carbocycles. The van der Waals surface area contributed by atoms with E-state index in [0.29, 0.717) is 11.4 Å². The minimum Gasteiger partial charge on any atom is -0.378 e. The molecular weight excluding hydrogens is 390 g/mol. The topological polar surface area (TPSA) is 93.4 Å². The van der Waals surface area contributed by atoms with E-state index in [9.17, 15) is 4.79 Å². The number of carbonyl (C=O) groups excluding carboxylic acids is 1. The number of anilines is 2. The van der Waals surface area contributed by atoms with E-state index < -0.39 is 0 Å². The first-order chi connectivity index (χ1) is 14.3. The van der Waals surface area contributed by atoms with E-state index in [1.165, 1.54) is 0 Å². The lowest BCUT2D eigenvalue weighted by Crippen LogP contribution is -2.36. The van der Waals surface area contributed by atoms with Gasteiger partial charge >= 0.3 is 0 Å². The van der Waals surface area contributed by atoms with Crippen LogP contribution in [0.5, 0.6) is 0 Å². The van der Waals surface area contributed by atoms with Crippen LogP contribution in [0.15, 0.2) is 53.3 Å². The van der Waals surface area contributed by atoms with Crippen LogP contribution in [0.25, 0.3) is 21.5 Å². The molecule has 1 aliphatic rings. The molecule has 8 nitrogen and oxygen atoms in total. The molecule has 1 amide bonds. The number of aromatic nitrogens is 3. The number of carbonyl (C=O) groups is 1. The summed E-state index contributed by atoms with van der Waals surface area (Å²) in [6.45, 7) is 3.12. The molecule has 9 heteroatoms. The summed E-state index contributed by atoms with van der Waals surface area (Å²) in [5.74, 6) is 0.164. The molecule has 4 heterocycles. The Morgan fingerprint density at radius 2 is 2.07 bits per heavy atom. The highest BCUT2D eigenvalue weighted by molar-refractivity contribution is 7.22. The number of rotatable bonds is 4. The first-order valence-corrected chi connectivity index (χ1v) is 10.00. The first kappa shape index (κ1) is 17.8. The molecule has 29 heavy (non-hydrogen) atoms. The van der Waals surface area contributed by atoms with Crippen LogP contribution in [-0.2, 0) is 4.74 Å². The highest BCUT2D eigenvalue weighted by atomic mass is 32.1. The summed E-state index contributed by atoms with van der Waals surface area (Å²) >= 11 is 1.61. The van der Waals surface area contributed by atoms with Gasteiger partial charge in [0.25, 0.3) is 5.91 Å². The predicted octanol–water partition coefficient (Wildman–Crippen LogP) is 3.44. The first-order valence-electron chi connectivity index (χ1n) is 9.18. The summed E-state index contributed by atoms with van der Waals surface area (Å²) < 4.78 is 11.7. The van der Waals surface area contributed by atoms with E-state index >= 15 is 0 Å². The van der Waals surface area contributed by atoms with Crippen LogP contribution < -0.4 is 10.2 Å². The third-order valence-electron chi connectivity index (χ3n) is 4.61. The van der Waals surface area contributed by atoms with Gasteiger partial charge in [-0.1, -0.05) is 16.5 Å². The van der Waals surface area contributed by atoms with Crippen LogP contribution in [-0.4, -0.2) is 47.3 Å². The van der Waals surface area contributed by atoms with Crippen molar-refractivity contribution in [1.82, 2.24) is 15.1 Å². The average Bonchev–Trinajstić information content (AvgIpc) is 3.42. The predicted molar refractivity (Wildman–Crippen MR) is 110 cm³/mol. The highest BCUT2D eigenvalue weighted by Gasteiger charge is 2.17. The fraction of sp³-hybridized carbons (Fsp3) is 0.200. The van der Waals surface area contributed by atoms with E-state index in [0.717, 1.165) is 47.2 Å². The molecule has 0 saturated carbocycles. The number of nitrogens with zero attached hydrogens (tertiary/aromatic N) is 4. The zero-order valence-corrected chi connectivity index (χ0v) is 16.2. The molecule has 4 aromatic rings. The van der Waals surface area contributed by atoms with Gasteiger partial charge in [0.05, 0.1) is 23.4 Å². The van der Waals surface area contributed by atoms with Gasteiger partial charge in [0, 0.05) is 42.8 Å². The number of fused-ring (bicyclic) bond motifs is 1. The third-order valence-corrected chi connectivity index (χ3v) is 5.68. The molecule has 3 aromatic heterocycles. The van der Waals surface area contributed by atoms with Gasteiger partial charge in [-0.15, -0.1) is 0 Å². The number of nitrogens with one attached hydrogen (secondary N) is 1. The summed E-state index contributed by atoms with van der Waals surface area (Å²) in [6.07, 6.45) is 3.33. The van der Waals surface area contributed by atoms with Gasteiger partial charge in [-0.05, 0) is 30.3 Å². The molecule has 1 aromatic carbocycles. The maximum Gasteiger partial charge on any atom is 0.277 e. The van der Waals surface area contributed by atoms with Crippen LogP contribution >= 0.6 is 11.3 Å². The van der Waals surface area contributed by atoms with Crippen molar-refractivity contribution in [2.45, 2.75) is 0 Å². The molecule has 146 valence electrons. The van der Waals surface area contributed by atoms with Crippen molar-refractivity contribution >= 4 is 38.3 Å². The van der Waals surface area contributed by atoms with Gasteiger partial charge in [-0.25, -0.2) is 4.98 Å². The molecule has 0 unspecified atom stereocenters. The Morgan fingerprint density at radius 1 is 1.17 bits per heavy atom. The van der Waals surface area contributed by atoms with Crippen molar-refractivity contribution in [3.8, 4) is 11.3 Å². The van der Waals surface area contributed by atoms with Crippen LogP contribution in [0.1, 0.15) is 10.5 Å². The van der Waals surface area contributed by atoms with Crippen molar-refractivity contribution < 1.29 is 14.1 Å². The van der Waals surface area contributed by atoms with E-state index in [-0.39, 0.29) is 11.6 Å². The number of hydrogen-bond donors (Lipinski definition) is 1. The Hall–Kier alpha value is -3.30. The van der Waals surface area contributed by atoms with Crippen LogP contribution in [0.2, 0.25) is 0 Å². The molecule has 1 N–H and O–H groups in total. The molecule has 1 aliphatic heterocycles. The lowest BCUT2D eigenvalue weighted by molar-refractivity contribution is 0.101. The third kappa shape index (κ3) is 3.69. The summed E-state index contributed by atoms with van der Waals surface area (Å²) in [7, 11) is 0. The van der Waals surface area contributed by atoms with Crippen LogP contribution in [0, 0.1) is 0 Å². The van der Waals surface area contributed by atoms with Crippen molar-refractivity contribution in [1.29, 1.82) is 0 Å². The molecular formula is C20H17N5O3S. The number of morpholine rings is 1. The number of pyridine rings is 1. The number of ether oxygens (including phenoxy) is 1. The highest BCUT2D eigenvalue weighted by Crippen LogP contribution is 2.31. The second kappa shape index (κ2) is 7.61. The summed E-state index contributed by atoms with van der Waals surface area (Å²) in [5, 5.41) is 7.72. The Morgan fingerprint density at radius 3 is 2.90 bits per heavy atom. The summed E-state index contributed by atoms with van der Waals surface area (Å²) in [6, 6.07) is 10.9. The SMILES string of the molecule is O=C(Nc1ccc2nc(N3CCOCC3)sc2c1)c1cc(-c2cccnc2)on1. The minimum atomic E-state index is -0.332. The lowest BCUT2D eigenvalue weighted by atomic mass is 10.2. The molecule has 5 rings (SSSR count). The van der Waals surface area contributed by atoms with Gasteiger partial charge in [-0.2, -0.15) is 0 Å². The molecule has 0 radical (unpaired) electrons. The van der Waals surface area contributed by atoms with E-state index in [4.69, 9.17) is 14.2 Å². The number of thiazole rings is 1. The zero-order chi connectivity index (χ0) is 19.6. The Balaban J connectivity index is 1.33. The maximum absolute atomic E-state index is 12.6. The maximum atomic E-state index is 12.6. The van der Waals surface area contributed by atoms with Crippen molar-refractivity contribution in [3.05, 3.63) is 54.5 Å². The van der Waals surface area contributed by atoms with Crippen LogP contribution in [0.4, 0.5) is 10.8 Å². The van der Waals surface area contributed by atoms with Gasteiger partial charge in [-0.3, -0.25) is 9.78 Å². The lowest BCUT2D eigenvalue weighted by Gasteiger charge is -2.25. The molecule has 0 bridgehead atoms. The molecule has 0 spiro atoms. The van der Waals surface area contributed by atoms with Gasteiger partial charge in [0.1, 0.15) is 0 Å². The summed E-state index contributed by atoms with van der Waals surface area (Å²) in [4.78, 5) is 23.5. The molecule has 1 fully saturated rings. The van der Waals surface area contributed by atoms with Gasteiger partial charge in [0.2, 0.25) is 0 Å². The quantitative estimate of drug-likeness (QED) is 0.554. The molecule has 1 saturated heterocycles. The van der Waals surface area contributed by atoms with Crippen molar-refractivity contribution in [3.63, 3.8) is 0 Å². The fourth-order valence-electron chi connectivity index (χ4n) is 3.10. The Kier molecular flexibility index (Phi) is 4.66. The second-order valence-electron chi connectivity index (χ2n) is 6.55.